The molecule has 1 aliphatic rings. The van der Waals surface area contributed by atoms with Crippen LogP contribution >= 0.6 is 0 Å². The van der Waals surface area contributed by atoms with E-state index in [1.54, 1.807) is 20.8 Å². The number of morpholine rings is 1. The van der Waals surface area contributed by atoms with Crippen molar-refractivity contribution < 1.29 is 24.2 Å². The van der Waals surface area contributed by atoms with E-state index in [4.69, 9.17) is 14.6 Å². The maximum Gasteiger partial charge on any atom is 0.410 e. The Morgan fingerprint density at radius 3 is 2.39 bits per heavy atom. The second-order valence-electron chi connectivity index (χ2n) is 6.04. The standard InChI is InChI=1S/C12H21NO5/c1-11(2,3)18-10(16)13-6-8(9(14)15)17-7-12(13,4)5/h8H,6-7H2,1-5H3,(H,14,15). The molecule has 1 fully saturated rings. The molecule has 1 atom stereocenters. The first-order chi connectivity index (χ1) is 8.03. The van der Waals surface area contributed by atoms with Crippen molar-refractivity contribution in [3.8, 4) is 0 Å². The summed E-state index contributed by atoms with van der Waals surface area (Å²) in [6, 6.07) is 0. The molecular formula is C12H21NO5. The Balaban J connectivity index is 2.81. The lowest BCUT2D eigenvalue weighted by Crippen LogP contribution is -2.60. The highest BCUT2D eigenvalue weighted by Gasteiger charge is 2.42. The summed E-state index contributed by atoms with van der Waals surface area (Å²) in [4.78, 5) is 24.4. The first kappa shape index (κ1) is 14.8. The normalized spacial score (nSPS) is 23.6. The van der Waals surface area contributed by atoms with E-state index >= 15 is 0 Å². The van der Waals surface area contributed by atoms with Crippen molar-refractivity contribution >= 4 is 12.1 Å². The molecule has 0 aromatic carbocycles. The summed E-state index contributed by atoms with van der Waals surface area (Å²) in [5.41, 5.74) is -1.18. The van der Waals surface area contributed by atoms with E-state index in [1.165, 1.54) is 4.90 Å². The van der Waals surface area contributed by atoms with Gasteiger partial charge in [0.15, 0.2) is 6.10 Å². The van der Waals surface area contributed by atoms with Crippen molar-refractivity contribution in [3.05, 3.63) is 0 Å². The summed E-state index contributed by atoms with van der Waals surface area (Å²) in [6.07, 6.45) is -1.51. The van der Waals surface area contributed by atoms with E-state index in [1.807, 2.05) is 13.8 Å². The van der Waals surface area contributed by atoms with Gasteiger partial charge in [0.25, 0.3) is 0 Å². The summed E-state index contributed by atoms with van der Waals surface area (Å²) in [7, 11) is 0. The summed E-state index contributed by atoms with van der Waals surface area (Å²) >= 11 is 0. The molecule has 104 valence electrons. The molecule has 6 nitrogen and oxygen atoms in total. The molecular weight excluding hydrogens is 238 g/mol. The molecule has 0 aliphatic carbocycles. The smallest absolute Gasteiger partial charge is 0.410 e. The highest BCUT2D eigenvalue weighted by molar-refractivity contribution is 5.75. The van der Waals surface area contributed by atoms with Gasteiger partial charge in [-0.3, -0.25) is 4.90 Å². The number of amides is 1. The van der Waals surface area contributed by atoms with E-state index in [-0.39, 0.29) is 13.2 Å². The molecule has 1 aliphatic heterocycles. The maximum atomic E-state index is 12.1. The van der Waals surface area contributed by atoms with E-state index < -0.39 is 29.3 Å². The molecule has 0 aromatic rings. The minimum Gasteiger partial charge on any atom is -0.479 e. The average molecular weight is 259 g/mol. The number of carbonyl (C=O) groups is 2. The Labute approximate surface area is 107 Å². The predicted octanol–water partition coefficient (Wildman–Crippen LogP) is 1.49. The number of carboxylic acids is 1. The van der Waals surface area contributed by atoms with Gasteiger partial charge in [-0.1, -0.05) is 0 Å². The van der Waals surface area contributed by atoms with Crippen LogP contribution in [0, 0.1) is 0 Å². The SMILES string of the molecule is CC(C)(C)OC(=O)N1CC(C(=O)O)OCC1(C)C. The van der Waals surface area contributed by atoms with Crippen LogP contribution in [0.25, 0.3) is 0 Å². The molecule has 6 heteroatoms. The lowest BCUT2D eigenvalue weighted by molar-refractivity contribution is -0.163. The quantitative estimate of drug-likeness (QED) is 0.772. The lowest BCUT2D eigenvalue weighted by Gasteiger charge is -2.44. The molecule has 0 aromatic heterocycles. The zero-order valence-electron chi connectivity index (χ0n) is 11.5. The van der Waals surface area contributed by atoms with Crippen molar-refractivity contribution in [3.63, 3.8) is 0 Å². The second-order valence-corrected chi connectivity index (χ2v) is 6.04. The summed E-state index contributed by atoms with van der Waals surface area (Å²) in [5.74, 6) is -1.07. The number of hydrogen-bond donors (Lipinski definition) is 1. The number of nitrogens with zero attached hydrogens (tertiary/aromatic N) is 1. The predicted molar refractivity (Wildman–Crippen MR) is 64.4 cm³/mol. The molecule has 18 heavy (non-hydrogen) atoms. The minimum atomic E-state index is -1.07. The van der Waals surface area contributed by atoms with Crippen molar-refractivity contribution in [1.29, 1.82) is 0 Å². The highest BCUT2D eigenvalue weighted by atomic mass is 16.6. The van der Waals surface area contributed by atoms with Gasteiger partial charge < -0.3 is 14.6 Å². The fraction of sp³-hybridized carbons (Fsp3) is 0.833. The fourth-order valence-electron chi connectivity index (χ4n) is 1.64. The van der Waals surface area contributed by atoms with Crippen LogP contribution in [0.3, 0.4) is 0 Å². The van der Waals surface area contributed by atoms with E-state index in [0.29, 0.717) is 0 Å². The number of aliphatic carboxylic acids is 1. The summed E-state index contributed by atoms with van der Waals surface area (Å²) in [6.45, 7) is 9.11. The number of hydrogen-bond acceptors (Lipinski definition) is 4. The number of carbonyl (C=O) groups excluding carboxylic acids is 1. The molecule has 1 rings (SSSR count). The summed E-state index contributed by atoms with van der Waals surface area (Å²) < 4.78 is 10.5. The maximum absolute atomic E-state index is 12.1. The third kappa shape index (κ3) is 3.60. The largest absolute Gasteiger partial charge is 0.479 e. The van der Waals surface area contributed by atoms with Crippen LogP contribution < -0.4 is 0 Å². The number of ether oxygens (including phenoxy) is 2. The fourth-order valence-corrected chi connectivity index (χ4v) is 1.64. The molecule has 1 heterocycles. The Morgan fingerprint density at radius 2 is 1.94 bits per heavy atom. The molecule has 1 amide bonds. The number of rotatable bonds is 1. The van der Waals surface area contributed by atoms with Crippen LogP contribution in [-0.4, -0.2) is 52.5 Å². The van der Waals surface area contributed by atoms with Gasteiger partial charge >= 0.3 is 12.1 Å². The van der Waals surface area contributed by atoms with Crippen LogP contribution in [0.2, 0.25) is 0 Å². The first-order valence-electron chi connectivity index (χ1n) is 5.88. The minimum absolute atomic E-state index is 0.00273. The van der Waals surface area contributed by atoms with Gasteiger partial charge in [-0.2, -0.15) is 0 Å². The van der Waals surface area contributed by atoms with Crippen LogP contribution in [0.1, 0.15) is 34.6 Å². The van der Waals surface area contributed by atoms with Crippen LogP contribution in [0.5, 0.6) is 0 Å². The van der Waals surface area contributed by atoms with Crippen LogP contribution in [0.15, 0.2) is 0 Å². The van der Waals surface area contributed by atoms with Gasteiger partial charge in [-0.25, -0.2) is 9.59 Å². The Hall–Kier alpha value is -1.30. The zero-order chi connectivity index (χ0) is 14.1. The molecule has 1 N–H and O–H groups in total. The topological polar surface area (TPSA) is 76.1 Å². The summed E-state index contributed by atoms with van der Waals surface area (Å²) in [5, 5.41) is 8.94. The molecule has 0 bridgehead atoms. The van der Waals surface area contributed by atoms with Gasteiger partial charge in [0.1, 0.15) is 5.60 Å². The Kier molecular flexibility index (Phi) is 3.90. The second kappa shape index (κ2) is 4.76. The first-order valence-corrected chi connectivity index (χ1v) is 5.88. The van der Waals surface area contributed by atoms with E-state index in [9.17, 15) is 9.59 Å². The monoisotopic (exact) mass is 259 g/mol. The van der Waals surface area contributed by atoms with Gasteiger partial charge in [0.05, 0.1) is 18.7 Å². The molecule has 0 saturated carbocycles. The average Bonchev–Trinajstić information content (AvgIpc) is 2.13. The van der Waals surface area contributed by atoms with Gasteiger partial charge in [0.2, 0.25) is 0 Å². The van der Waals surface area contributed by atoms with Crippen LogP contribution in [0.4, 0.5) is 4.79 Å². The molecule has 1 saturated heterocycles. The van der Waals surface area contributed by atoms with Crippen molar-refractivity contribution in [2.75, 3.05) is 13.2 Å². The lowest BCUT2D eigenvalue weighted by atomic mass is 10.0. The van der Waals surface area contributed by atoms with Crippen molar-refractivity contribution in [1.82, 2.24) is 4.90 Å². The third-order valence-corrected chi connectivity index (χ3v) is 2.61. The van der Waals surface area contributed by atoms with Gasteiger partial charge in [0, 0.05) is 0 Å². The molecule has 0 spiro atoms. The van der Waals surface area contributed by atoms with Gasteiger partial charge in [-0.15, -0.1) is 0 Å². The van der Waals surface area contributed by atoms with Crippen molar-refractivity contribution in [2.24, 2.45) is 0 Å². The molecule has 1 unspecified atom stereocenters. The Bertz CT molecular complexity index is 345. The van der Waals surface area contributed by atoms with Crippen LogP contribution in [-0.2, 0) is 14.3 Å². The van der Waals surface area contributed by atoms with E-state index in [0.717, 1.165) is 0 Å². The third-order valence-electron chi connectivity index (χ3n) is 2.61. The molecule has 0 radical (unpaired) electrons. The highest BCUT2D eigenvalue weighted by Crippen LogP contribution is 2.24. The van der Waals surface area contributed by atoms with Crippen molar-refractivity contribution in [2.45, 2.75) is 51.9 Å². The van der Waals surface area contributed by atoms with E-state index in [2.05, 4.69) is 0 Å². The number of carboxylic acid groups (broad SMARTS) is 1. The Morgan fingerprint density at radius 1 is 1.39 bits per heavy atom. The van der Waals surface area contributed by atoms with Gasteiger partial charge in [-0.05, 0) is 34.6 Å². The zero-order valence-corrected chi connectivity index (χ0v) is 11.5.